The topological polar surface area (TPSA) is 116 Å². The summed E-state index contributed by atoms with van der Waals surface area (Å²) in [5.41, 5.74) is 0. The molecule has 0 heterocycles. The fourth-order valence-electron chi connectivity index (χ4n) is 0.936. The first kappa shape index (κ1) is 16.9. The highest BCUT2D eigenvalue weighted by Gasteiger charge is 2.27. The van der Waals surface area contributed by atoms with Gasteiger partial charge in [-0.15, -0.1) is 0 Å². The molecule has 8 nitrogen and oxygen atoms in total. The maximum Gasteiger partial charge on any atom is 0.347 e. The van der Waals surface area contributed by atoms with Crippen molar-refractivity contribution in [1.82, 2.24) is 0 Å². The summed E-state index contributed by atoms with van der Waals surface area (Å²) in [6.45, 7) is 4.78. The standard InChI is InChI=1S/C11H16O8/c1-5(9(13)14)18-11(16)7(3)19-10(15)6(2)17-8(4)12/h5-7H,1-4H3,(H,13,14). The molecule has 0 spiro atoms. The number of carbonyl (C=O) groups excluding carboxylic acids is 3. The van der Waals surface area contributed by atoms with Gasteiger partial charge in [0.05, 0.1) is 0 Å². The lowest BCUT2D eigenvalue weighted by atomic mass is 10.3. The van der Waals surface area contributed by atoms with Crippen molar-refractivity contribution in [1.29, 1.82) is 0 Å². The predicted molar refractivity (Wildman–Crippen MR) is 60.0 cm³/mol. The third-order valence-corrected chi connectivity index (χ3v) is 1.94. The van der Waals surface area contributed by atoms with E-state index >= 15 is 0 Å². The number of hydrogen-bond donors (Lipinski definition) is 1. The molecular formula is C11H16O8. The summed E-state index contributed by atoms with van der Waals surface area (Å²) < 4.78 is 13.7. The van der Waals surface area contributed by atoms with Crippen LogP contribution in [0.1, 0.15) is 27.7 Å². The van der Waals surface area contributed by atoms with Gasteiger partial charge < -0.3 is 19.3 Å². The van der Waals surface area contributed by atoms with Gasteiger partial charge in [0.25, 0.3) is 0 Å². The van der Waals surface area contributed by atoms with Gasteiger partial charge in [0.1, 0.15) is 0 Å². The van der Waals surface area contributed by atoms with Crippen LogP contribution in [0.5, 0.6) is 0 Å². The van der Waals surface area contributed by atoms with E-state index in [0.717, 1.165) is 13.8 Å². The van der Waals surface area contributed by atoms with Gasteiger partial charge in [0.2, 0.25) is 0 Å². The fraction of sp³-hybridized carbons (Fsp3) is 0.636. The van der Waals surface area contributed by atoms with Crippen LogP contribution in [-0.2, 0) is 33.4 Å². The van der Waals surface area contributed by atoms with Gasteiger partial charge >= 0.3 is 23.9 Å². The van der Waals surface area contributed by atoms with Crippen LogP contribution in [0.2, 0.25) is 0 Å². The van der Waals surface area contributed by atoms with Gasteiger partial charge in [-0.2, -0.15) is 0 Å². The van der Waals surface area contributed by atoms with Gasteiger partial charge in [-0.1, -0.05) is 0 Å². The van der Waals surface area contributed by atoms with Crippen molar-refractivity contribution in [3.05, 3.63) is 0 Å². The van der Waals surface area contributed by atoms with Crippen molar-refractivity contribution >= 4 is 23.9 Å². The first-order valence-electron chi connectivity index (χ1n) is 5.46. The summed E-state index contributed by atoms with van der Waals surface area (Å²) in [7, 11) is 0. The Hall–Kier alpha value is -2.12. The van der Waals surface area contributed by atoms with Gasteiger partial charge in [-0.05, 0) is 20.8 Å². The third-order valence-electron chi connectivity index (χ3n) is 1.94. The first-order chi connectivity index (χ1) is 8.65. The van der Waals surface area contributed by atoms with Crippen molar-refractivity contribution in [3.8, 4) is 0 Å². The normalized spacial score (nSPS) is 14.7. The highest BCUT2D eigenvalue weighted by atomic mass is 16.6. The zero-order valence-electron chi connectivity index (χ0n) is 11.0. The number of carbonyl (C=O) groups is 4. The average Bonchev–Trinajstić information content (AvgIpc) is 2.27. The number of ether oxygens (including phenoxy) is 3. The molecule has 0 bridgehead atoms. The second-order valence-corrected chi connectivity index (χ2v) is 3.75. The Morgan fingerprint density at radius 3 is 1.53 bits per heavy atom. The lowest BCUT2D eigenvalue weighted by Gasteiger charge is -2.17. The van der Waals surface area contributed by atoms with Crippen molar-refractivity contribution in [2.45, 2.75) is 46.0 Å². The van der Waals surface area contributed by atoms with E-state index < -0.39 is 42.2 Å². The highest BCUT2D eigenvalue weighted by Crippen LogP contribution is 2.03. The summed E-state index contributed by atoms with van der Waals surface area (Å²) in [6.07, 6.45) is -3.81. The zero-order valence-corrected chi connectivity index (χ0v) is 11.0. The second-order valence-electron chi connectivity index (χ2n) is 3.75. The van der Waals surface area contributed by atoms with E-state index in [4.69, 9.17) is 5.11 Å². The molecule has 8 heteroatoms. The Kier molecular flexibility index (Phi) is 6.53. The molecule has 0 rings (SSSR count). The monoisotopic (exact) mass is 276 g/mol. The molecule has 0 aliphatic rings. The maximum absolute atomic E-state index is 11.4. The minimum atomic E-state index is -1.35. The summed E-state index contributed by atoms with van der Waals surface area (Å²) >= 11 is 0. The molecule has 108 valence electrons. The molecule has 0 saturated carbocycles. The molecule has 0 aromatic heterocycles. The third kappa shape index (κ3) is 6.39. The molecule has 0 aliphatic heterocycles. The Morgan fingerprint density at radius 1 is 0.789 bits per heavy atom. The number of rotatable bonds is 6. The van der Waals surface area contributed by atoms with Crippen LogP contribution in [0.3, 0.4) is 0 Å². The molecule has 0 aromatic carbocycles. The van der Waals surface area contributed by atoms with Crippen LogP contribution in [0.4, 0.5) is 0 Å². The molecule has 19 heavy (non-hydrogen) atoms. The van der Waals surface area contributed by atoms with Crippen LogP contribution >= 0.6 is 0 Å². The number of aliphatic carboxylic acids is 1. The van der Waals surface area contributed by atoms with E-state index in [2.05, 4.69) is 14.2 Å². The Balaban J connectivity index is 4.32. The molecule has 1 N–H and O–H groups in total. The van der Waals surface area contributed by atoms with Crippen molar-refractivity contribution in [2.24, 2.45) is 0 Å². The van der Waals surface area contributed by atoms with E-state index in [1.54, 1.807) is 0 Å². The van der Waals surface area contributed by atoms with Crippen LogP contribution in [0.15, 0.2) is 0 Å². The number of esters is 3. The Labute approximate surface area is 109 Å². The lowest BCUT2D eigenvalue weighted by molar-refractivity contribution is -0.180. The number of hydrogen-bond acceptors (Lipinski definition) is 7. The van der Waals surface area contributed by atoms with Crippen molar-refractivity contribution < 1.29 is 38.5 Å². The minimum Gasteiger partial charge on any atom is -0.479 e. The molecule has 0 amide bonds. The zero-order chi connectivity index (χ0) is 15.2. The van der Waals surface area contributed by atoms with Crippen LogP contribution in [-0.4, -0.2) is 47.3 Å². The van der Waals surface area contributed by atoms with E-state index in [-0.39, 0.29) is 0 Å². The smallest absolute Gasteiger partial charge is 0.347 e. The van der Waals surface area contributed by atoms with E-state index in [1.165, 1.54) is 13.8 Å². The molecule has 0 saturated heterocycles. The van der Waals surface area contributed by atoms with Gasteiger partial charge in [0, 0.05) is 6.92 Å². The van der Waals surface area contributed by atoms with Crippen LogP contribution in [0.25, 0.3) is 0 Å². The van der Waals surface area contributed by atoms with Crippen molar-refractivity contribution in [3.63, 3.8) is 0 Å². The number of carboxylic acids is 1. The maximum atomic E-state index is 11.4. The molecule has 3 unspecified atom stereocenters. The van der Waals surface area contributed by atoms with Gasteiger partial charge in [0.15, 0.2) is 18.3 Å². The van der Waals surface area contributed by atoms with Gasteiger partial charge in [-0.3, -0.25) is 4.79 Å². The molecule has 0 aromatic rings. The summed E-state index contributed by atoms with van der Waals surface area (Å²) in [4.78, 5) is 43.8. The summed E-state index contributed by atoms with van der Waals surface area (Å²) in [6, 6.07) is 0. The Morgan fingerprint density at radius 2 is 1.16 bits per heavy atom. The van der Waals surface area contributed by atoms with Crippen LogP contribution in [0, 0.1) is 0 Å². The fourth-order valence-corrected chi connectivity index (χ4v) is 0.936. The summed E-state index contributed by atoms with van der Waals surface area (Å²) in [5.74, 6) is -3.92. The van der Waals surface area contributed by atoms with Crippen molar-refractivity contribution in [2.75, 3.05) is 0 Å². The quantitative estimate of drug-likeness (QED) is 0.527. The molecule has 3 atom stereocenters. The molecule has 0 fully saturated rings. The predicted octanol–water partition coefficient (Wildman–Crippen LogP) is -0.114. The van der Waals surface area contributed by atoms with E-state index in [0.29, 0.717) is 0 Å². The molecular weight excluding hydrogens is 260 g/mol. The molecule has 0 aliphatic carbocycles. The van der Waals surface area contributed by atoms with E-state index in [9.17, 15) is 19.2 Å². The van der Waals surface area contributed by atoms with E-state index in [1.807, 2.05) is 0 Å². The minimum absolute atomic E-state index is 0.667. The summed E-state index contributed by atoms with van der Waals surface area (Å²) in [5, 5.41) is 8.54. The van der Waals surface area contributed by atoms with Gasteiger partial charge in [-0.25, -0.2) is 14.4 Å². The SMILES string of the molecule is CC(=O)OC(C)C(=O)OC(C)C(=O)OC(C)C(=O)O. The lowest BCUT2D eigenvalue weighted by Crippen LogP contribution is -2.35. The highest BCUT2D eigenvalue weighted by molar-refractivity contribution is 5.84. The second kappa shape index (κ2) is 7.34. The molecule has 0 radical (unpaired) electrons. The largest absolute Gasteiger partial charge is 0.479 e. The number of carboxylic acid groups (broad SMARTS) is 1. The first-order valence-corrected chi connectivity index (χ1v) is 5.46. The average molecular weight is 276 g/mol. The van der Waals surface area contributed by atoms with Crippen LogP contribution < -0.4 is 0 Å². The Bertz CT molecular complexity index is 375.